The molecule has 11 heteroatoms. The van der Waals surface area contributed by atoms with Gasteiger partial charge in [0.15, 0.2) is 6.29 Å². The number of hydrogen-bond acceptors (Lipinski definition) is 11. The summed E-state index contributed by atoms with van der Waals surface area (Å²) in [5, 5.41) is 72.8. The molecule has 0 amide bonds. The van der Waals surface area contributed by atoms with Crippen molar-refractivity contribution in [2.45, 2.75) is 98.4 Å². The van der Waals surface area contributed by atoms with Gasteiger partial charge in [-0.25, -0.2) is 0 Å². The van der Waals surface area contributed by atoms with Crippen LogP contribution in [0.4, 0.5) is 0 Å². The lowest BCUT2D eigenvalue weighted by Gasteiger charge is -2.50. The van der Waals surface area contributed by atoms with Gasteiger partial charge in [0.25, 0.3) is 0 Å². The van der Waals surface area contributed by atoms with Crippen LogP contribution in [0.2, 0.25) is 0 Å². The summed E-state index contributed by atoms with van der Waals surface area (Å²) in [5.74, 6) is 0.218. The Balaban J connectivity index is 1.26. The molecule has 2 fully saturated rings. The molecule has 7 N–H and O–H groups in total. The van der Waals surface area contributed by atoms with Crippen molar-refractivity contribution >= 4 is 0 Å². The van der Waals surface area contributed by atoms with E-state index >= 15 is 0 Å². The van der Waals surface area contributed by atoms with Crippen LogP contribution in [-0.4, -0.2) is 129 Å². The zero-order valence-electron chi connectivity index (χ0n) is 28.5. The summed E-state index contributed by atoms with van der Waals surface area (Å²) in [5.41, 5.74) is 3.91. The highest BCUT2D eigenvalue weighted by Gasteiger charge is 2.51. The summed E-state index contributed by atoms with van der Waals surface area (Å²) in [6, 6.07) is 16.1. The van der Waals surface area contributed by atoms with Crippen molar-refractivity contribution in [2.75, 3.05) is 26.7 Å². The summed E-state index contributed by atoms with van der Waals surface area (Å²) < 4.78 is 59.9. The minimum absolute atomic E-state index is 0.218. The molecule has 0 saturated carbocycles. The predicted octanol–water partition coefficient (Wildman–Crippen LogP) is -0.452. The molecule has 0 radical (unpaired) electrons. The number of fused-ring (bicyclic) bond motifs is 1. The van der Waals surface area contributed by atoms with Crippen molar-refractivity contribution < 1.29 is 56.8 Å². The molecule has 2 bridgehead atoms. The molecule has 7 rings (SSSR count). The van der Waals surface area contributed by atoms with Crippen LogP contribution in [0, 0.1) is 0 Å². The number of benzene rings is 2. The lowest BCUT2D eigenvalue weighted by Crippen LogP contribution is -2.66. The Morgan fingerprint density at radius 1 is 0.860 bits per heavy atom. The lowest BCUT2D eigenvalue weighted by atomic mass is 9.54. The highest BCUT2D eigenvalue weighted by Crippen LogP contribution is 2.58. The van der Waals surface area contributed by atoms with Gasteiger partial charge in [0, 0.05) is 24.7 Å². The molecule has 10 atom stereocenters. The number of ether oxygens (including phenoxy) is 3. The molecule has 236 valence electrons. The van der Waals surface area contributed by atoms with Crippen molar-refractivity contribution in [1.82, 2.24) is 4.90 Å². The fourth-order valence-electron chi connectivity index (χ4n) is 7.41. The predicted molar refractivity (Wildman–Crippen MR) is 153 cm³/mol. The van der Waals surface area contributed by atoms with Crippen molar-refractivity contribution in [3.63, 3.8) is 0 Å². The van der Waals surface area contributed by atoms with Gasteiger partial charge in [-0.05, 0) is 54.9 Å². The zero-order chi connectivity index (χ0) is 34.8. The fourth-order valence-corrected chi connectivity index (χ4v) is 7.41. The molecule has 0 unspecified atom stereocenters. The van der Waals surface area contributed by atoms with E-state index in [-0.39, 0.29) is 18.8 Å². The van der Waals surface area contributed by atoms with Gasteiger partial charge in [0.1, 0.15) is 55.1 Å². The van der Waals surface area contributed by atoms with Crippen LogP contribution < -0.4 is 0 Å². The maximum absolute atomic E-state index is 11.3. The summed E-state index contributed by atoms with van der Waals surface area (Å²) in [7, 11) is 0. The zero-order valence-corrected chi connectivity index (χ0v) is 23.5. The second-order valence-electron chi connectivity index (χ2n) is 11.9. The Morgan fingerprint density at radius 2 is 1.51 bits per heavy atom. The second-order valence-corrected chi connectivity index (χ2v) is 11.9. The summed E-state index contributed by atoms with van der Waals surface area (Å²) in [6.07, 6.45) is -16.3. The normalized spacial score (nSPS) is 42.7. The van der Waals surface area contributed by atoms with E-state index in [1.165, 1.54) is 11.1 Å². The molecule has 2 aliphatic heterocycles. The number of rotatable bonds is 9. The minimum atomic E-state index is -3.18. The number of nitrogens with zero attached hydrogens (tertiary/aromatic N) is 1. The maximum Gasteiger partial charge on any atom is 0.187 e. The summed E-state index contributed by atoms with van der Waals surface area (Å²) in [6.45, 7) is -7.46. The summed E-state index contributed by atoms with van der Waals surface area (Å²) in [4.78, 5) is 0.406. The molecule has 2 heterocycles. The Kier molecular flexibility index (Phi) is 7.28. The van der Waals surface area contributed by atoms with E-state index in [1.54, 1.807) is 0 Å². The monoisotopic (exact) mass is 606 g/mol. The van der Waals surface area contributed by atoms with E-state index in [2.05, 4.69) is 12.1 Å². The van der Waals surface area contributed by atoms with E-state index in [4.69, 9.17) is 21.1 Å². The van der Waals surface area contributed by atoms with Crippen LogP contribution in [-0.2, 0) is 19.6 Å². The fraction of sp³-hybridized carbons (Fsp3) is 0.625. The average molecular weight is 607 g/mol. The quantitative estimate of drug-likeness (QED) is 0.197. The minimum Gasteiger partial charge on any atom is -0.394 e. The molecule has 11 nitrogen and oxygen atoms in total. The van der Waals surface area contributed by atoms with Gasteiger partial charge < -0.3 is 50.0 Å². The van der Waals surface area contributed by atoms with Gasteiger partial charge in [-0.1, -0.05) is 48.5 Å². The smallest absolute Gasteiger partial charge is 0.187 e. The maximum atomic E-state index is 11.3. The van der Waals surface area contributed by atoms with Crippen molar-refractivity contribution in [2.24, 2.45) is 0 Å². The third-order valence-electron chi connectivity index (χ3n) is 9.63. The molecular formula is C32H43NO10. The Labute approximate surface area is 257 Å². The van der Waals surface area contributed by atoms with Crippen LogP contribution in [0.15, 0.2) is 48.5 Å². The number of hydrogen-bond donors (Lipinski definition) is 7. The first-order chi connectivity index (χ1) is 22.7. The topological polar surface area (TPSA) is 173 Å². The Bertz CT molecular complexity index is 1400. The number of aliphatic hydroxyl groups is 7. The van der Waals surface area contributed by atoms with Gasteiger partial charge in [-0.3, -0.25) is 4.90 Å². The first kappa shape index (κ1) is 25.2. The lowest BCUT2D eigenvalue weighted by molar-refractivity contribution is -0.348. The highest BCUT2D eigenvalue weighted by atomic mass is 16.7. The van der Waals surface area contributed by atoms with Crippen LogP contribution >= 0.6 is 0 Å². The Hall–Kier alpha value is -2.00. The molecule has 5 aliphatic rings. The van der Waals surface area contributed by atoms with E-state index in [1.807, 2.05) is 36.4 Å². The average Bonchev–Trinajstić information content (AvgIpc) is 3.06. The van der Waals surface area contributed by atoms with Gasteiger partial charge in [0.2, 0.25) is 0 Å². The van der Waals surface area contributed by atoms with Gasteiger partial charge in [-0.15, -0.1) is 0 Å². The van der Waals surface area contributed by atoms with Crippen molar-refractivity contribution in [3.8, 4) is 0 Å². The van der Waals surface area contributed by atoms with E-state index < -0.39 is 93.5 Å². The highest BCUT2D eigenvalue weighted by molar-refractivity contribution is 5.58. The van der Waals surface area contributed by atoms with Crippen LogP contribution in [0.25, 0.3) is 0 Å². The van der Waals surface area contributed by atoms with E-state index in [0.717, 1.165) is 24.0 Å². The van der Waals surface area contributed by atoms with Crippen molar-refractivity contribution in [1.29, 1.82) is 0 Å². The third-order valence-corrected chi connectivity index (χ3v) is 9.63. The first-order valence-electron chi connectivity index (χ1n) is 17.2. The molecule has 3 aliphatic carbocycles. The van der Waals surface area contributed by atoms with Gasteiger partial charge in [0.05, 0.1) is 13.2 Å². The number of aliphatic hydroxyl groups excluding tert-OH is 7. The van der Waals surface area contributed by atoms with Crippen LogP contribution in [0.1, 0.15) is 60.7 Å². The molecule has 43 heavy (non-hydrogen) atoms. The second kappa shape index (κ2) is 12.4. The molecular weight excluding hydrogens is 558 g/mol. The first-order valence-corrected chi connectivity index (χ1v) is 14.7. The third kappa shape index (κ3) is 5.24. The molecule has 0 aromatic heterocycles. The number of likely N-dealkylation sites (N-methyl/N-ethyl adjacent to an activating group) is 1. The molecule has 2 saturated heterocycles. The van der Waals surface area contributed by atoms with Crippen LogP contribution in [0.3, 0.4) is 0 Å². The standard InChI is InChI=1S/C32H43NO10/c1-33(14-6-12-32-13-11-17(18-7-2-4-9-20(18)32)19-8-3-5-10-21(19)32)30-27(39)26(38)29(23(16-35)41-30)43-31-28(40)25(37)24(36)22(15-34)42-31/h2-5,7-10,17,22-31,34-40H,6,11-16H2,1H3/t17?,22-,23-,24+,25+,26-,27-,28-,29-,30-,31+,32?/m0/s1/i1D3,14D2. The molecule has 0 spiro atoms. The van der Waals surface area contributed by atoms with Gasteiger partial charge >= 0.3 is 0 Å². The largest absolute Gasteiger partial charge is 0.394 e. The van der Waals surface area contributed by atoms with Gasteiger partial charge in [-0.2, -0.15) is 0 Å². The van der Waals surface area contributed by atoms with E-state index in [0.29, 0.717) is 4.90 Å². The van der Waals surface area contributed by atoms with Crippen molar-refractivity contribution in [3.05, 3.63) is 70.8 Å². The molecule has 2 aromatic carbocycles. The summed E-state index contributed by atoms with van der Waals surface area (Å²) >= 11 is 0. The molecule has 2 aromatic rings. The van der Waals surface area contributed by atoms with E-state index in [9.17, 15) is 35.7 Å². The SMILES string of the molecule is [2H]C([2H])([2H])N([C@H]1O[C@@H](CO)[C@H](O[C@H]2O[C@@H](CO)[C@@H](O)[C@@H](O)[C@@H]2O)[C@@H](O)[C@@H]1O)C([2H])([2H])CCC12CCC(c3ccccc31)c1ccccc12. The Morgan fingerprint density at radius 3 is 2.14 bits per heavy atom. The van der Waals surface area contributed by atoms with Crippen LogP contribution in [0.5, 0.6) is 0 Å².